The molecule has 4 rings (SSSR count). The Balaban J connectivity index is 1.22. The van der Waals surface area contributed by atoms with E-state index in [1.54, 1.807) is 12.1 Å². The van der Waals surface area contributed by atoms with Gasteiger partial charge in [-0.15, -0.1) is 0 Å². The molecule has 0 aliphatic carbocycles. The van der Waals surface area contributed by atoms with Gasteiger partial charge in [-0.2, -0.15) is 0 Å². The molecule has 1 amide bonds. The van der Waals surface area contributed by atoms with Crippen LogP contribution in [0, 0.1) is 5.82 Å². The van der Waals surface area contributed by atoms with Crippen molar-refractivity contribution in [3.63, 3.8) is 0 Å². The first-order chi connectivity index (χ1) is 13.2. The molecule has 1 aromatic heterocycles. The van der Waals surface area contributed by atoms with Gasteiger partial charge in [-0.3, -0.25) is 4.79 Å². The van der Waals surface area contributed by atoms with Crippen LogP contribution in [0.1, 0.15) is 31.1 Å². The van der Waals surface area contributed by atoms with Gasteiger partial charge in [0.05, 0.1) is 6.04 Å². The van der Waals surface area contributed by atoms with Crippen molar-refractivity contribution in [2.45, 2.75) is 31.8 Å². The molecule has 2 aromatic rings. The molecular formula is C20H26FN5O. The Morgan fingerprint density at radius 3 is 2.70 bits per heavy atom. The smallest absolute Gasteiger partial charge is 0.223 e. The first-order valence-corrected chi connectivity index (χ1v) is 9.73. The molecule has 1 atom stereocenters. The van der Waals surface area contributed by atoms with Crippen LogP contribution >= 0.6 is 0 Å². The Hall–Kier alpha value is -2.41. The maximum absolute atomic E-state index is 13.1. The Bertz CT molecular complexity index is 767. The van der Waals surface area contributed by atoms with Gasteiger partial charge in [-0.25, -0.2) is 9.37 Å². The quantitative estimate of drug-likeness (QED) is 0.875. The zero-order chi connectivity index (χ0) is 18.6. The van der Waals surface area contributed by atoms with Crippen LogP contribution in [-0.2, 0) is 11.3 Å². The highest BCUT2D eigenvalue weighted by atomic mass is 19.1. The predicted octanol–water partition coefficient (Wildman–Crippen LogP) is 2.19. The minimum atomic E-state index is -0.222. The number of anilines is 1. The fourth-order valence-electron chi connectivity index (χ4n) is 3.99. The molecule has 0 saturated carbocycles. The summed E-state index contributed by atoms with van der Waals surface area (Å²) in [6.45, 7) is 4.70. The molecule has 0 radical (unpaired) electrons. The van der Waals surface area contributed by atoms with Crippen molar-refractivity contribution >= 4 is 11.6 Å². The van der Waals surface area contributed by atoms with Gasteiger partial charge in [-0.05, 0) is 37.1 Å². The topological polar surface area (TPSA) is 53.4 Å². The third kappa shape index (κ3) is 4.13. The summed E-state index contributed by atoms with van der Waals surface area (Å²) in [6.07, 6.45) is 6.59. The van der Waals surface area contributed by atoms with E-state index >= 15 is 0 Å². The third-order valence-corrected chi connectivity index (χ3v) is 5.50. The molecule has 6 nitrogen and oxygen atoms in total. The number of carbonyl (C=O) groups is 1. The molecule has 27 heavy (non-hydrogen) atoms. The SMILES string of the molecule is O=C(CCNC1CCCn2ccnc21)N1CCN(c2ccc(F)cc2)CC1. The van der Waals surface area contributed by atoms with Crippen molar-refractivity contribution in [2.24, 2.45) is 0 Å². The van der Waals surface area contributed by atoms with Crippen LogP contribution in [0.4, 0.5) is 10.1 Å². The van der Waals surface area contributed by atoms with Gasteiger partial charge in [0.1, 0.15) is 11.6 Å². The van der Waals surface area contributed by atoms with Gasteiger partial charge < -0.3 is 19.7 Å². The fourth-order valence-corrected chi connectivity index (χ4v) is 3.99. The molecule has 7 heteroatoms. The molecule has 1 N–H and O–H groups in total. The van der Waals surface area contributed by atoms with Crippen molar-refractivity contribution in [2.75, 3.05) is 37.6 Å². The van der Waals surface area contributed by atoms with E-state index in [9.17, 15) is 9.18 Å². The van der Waals surface area contributed by atoms with Gasteiger partial charge in [0.25, 0.3) is 0 Å². The number of aromatic nitrogens is 2. The van der Waals surface area contributed by atoms with E-state index in [4.69, 9.17) is 0 Å². The van der Waals surface area contributed by atoms with E-state index in [0.29, 0.717) is 26.1 Å². The van der Waals surface area contributed by atoms with Gasteiger partial charge in [0.15, 0.2) is 0 Å². The van der Waals surface area contributed by atoms with E-state index in [1.807, 2.05) is 17.3 Å². The number of nitrogens with one attached hydrogen (secondary N) is 1. The first-order valence-electron chi connectivity index (χ1n) is 9.73. The summed E-state index contributed by atoms with van der Waals surface area (Å²) in [4.78, 5) is 21.1. The van der Waals surface area contributed by atoms with Crippen LogP contribution in [-0.4, -0.2) is 53.1 Å². The molecule has 1 unspecified atom stereocenters. The van der Waals surface area contributed by atoms with Gasteiger partial charge in [-0.1, -0.05) is 0 Å². The Morgan fingerprint density at radius 1 is 1.15 bits per heavy atom. The van der Waals surface area contributed by atoms with E-state index < -0.39 is 0 Å². The number of halogens is 1. The van der Waals surface area contributed by atoms with Crippen LogP contribution in [0.15, 0.2) is 36.7 Å². The zero-order valence-electron chi connectivity index (χ0n) is 15.5. The molecule has 0 spiro atoms. The highest BCUT2D eigenvalue weighted by Gasteiger charge is 2.23. The van der Waals surface area contributed by atoms with Crippen LogP contribution in [0.2, 0.25) is 0 Å². The normalized spacial score (nSPS) is 19.8. The summed E-state index contributed by atoms with van der Waals surface area (Å²) in [5.74, 6) is 1.06. The Labute approximate surface area is 159 Å². The first kappa shape index (κ1) is 18.0. The number of fused-ring (bicyclic) bond motifs is 1. The Kier molecular flexibility index (Phi) is 5.38. The lowest BCUT2D eigenvalue weighted by molar-refractivity contribution is -0.131. The molecule has 0 bridgehead atoms. The molecule has 144 valence electrons. The summed E-state index contributed by atoms with van der Waals surface area (Å²) in [5, 5.41) is 3.50. The largest absolute Gasteiger partial charge is 0.368 e. The van der Waals surface area contributed by atoms with Gasteiger partial charge in [0, 0.05) is 63.8 Å². The Morgan fingerprint density at radius 2 is 1.93 bits per heavy atom. The molecule has 1 aromatic carbocycles. The molecule has 1 saturated heterocycles. The number of hydrogen-bond donors (Lipinski definition) is 1. The van der Waals surface area contributed by atoms with Gasteiger partial charge in [0.2, 0.25) is 5.91 Å². The van der Waals surface area contributed by atoms with Crippen molar-refractivity contribution in [1.82, 2.24) is 19.8 Å². The highest BCUT2D eigenvalue weighted by Crippen LogP contribution is 2.23. The van der Waals surface area contributed by atoms with Crippen LogP contribution in [0.5, 0.6) is 0 Å². The molecule has 2 aliphatic heterocycles. The van der Waals surface area contributed by atoms with E-state index in [2.05, 4.69) is 19.8 Å². The average Bonchev–Trinajstić information content (AvgIpc) is 3.18. The maximum Gasteiger partial charge on any atom is 0.223 e. The number of hydrogen-bond acceptors (Lipinski definition) is 4. The average molecular weight is 371 g/mol. The summed E-state index contributed by atoms with van der Waals surface area (Å²) >= 11 is 0. The number of rotatable bonds is 5. The number of amides is 1. The number of imidazole rings is 1. The van der Waals surface area contributed by atoms with Crippen LogP contribution < -0.4 is 10.2 Å². The number of aryl methyl sites for hydroxylation is 1. The van der Waals surface area contributed by atoms with Crippen LogP contribution in [0.25, 0.3) is 0 Å². The lowest BCUT2D eigenvalue weighted by Gasteiger charge is -2.36. The van der Waals surface area contributed by atoms with Crippen molar-refractivity contribution in [3.05, 3.63) is 48.3 Å². The van der Waals surface area contributed by atoms with Crippen molar-refractivity contribution < 1.29 is 9.18 Å². The molecule has 3 heterocycles. The second-order valence-corrected chi connectivity index (χ2v) is 7.22. The summed E-state index contributed by atoms with van der Waals surface area (Å²) in [5.41, 5.74) is 1.01. The van der Waals surface area contributed by atoms with E-state index in [-0.39, 0.29) is 17.8 Å². The van der Waals surface area contributed by atoms with Gasteiger partial charge >= 0.3 is 0 Å². The number of nitrogens with zero attached hydrogens (tertiary/aromatic N) is 4. The lowest BCUT2D eigenvalue weighted by atomic mass is 10.1. The number of benzene rings is 1. The standard InChI is InChI=1S/C20H26FN5O/c21-16-3-5-17(6-4-16)24-12-14-25(15-13-24)19(27)7-8-22-18-2-1-10-26-11-9-23-20(18)26/h3-6,9,11,18,22H,1-2,7-8,10,12-15H2. The van der Waals surface area contributed by atoms with Crippen molar-refractivity contribution in [1.29, 1.82) is 0 Å². The second kappa shape index (κ2) is 8.08. The molecule has 1 fully saturated rings. The summed E-state index contributed by atoms with van der Waals surface area (Å²) in [7, 11) is 0. The van der Waals surface area contributed by atoms with E-state index in [1.165, 1.54) is 12.1 Å². The summed E-state index contributed by atoms with van der Waals surface area (Å²) in [6, 6.07) is 6.80. The maximum atomic E-state index is 13.1. The molecule has 2 aliphatic rings. The van der Waals surface area contributed by atoms with Crippen LogP contribution in [0.3, 0.4) is 0 Å². The lowest BCUT2D eigenvalue weighted by Crippen LogP contribution is -2.49. The third-order valence-electron chi connectivity index (χ3n) is 5.50. The predicted molar refractivity (Wildman–Crippen MR) is 102 cm³/mol. The minimum Gasteiger partial charge on any atom is -0.368 e. The zero-order valence-corrected chi connectivity index (χ0v) is 15.5. The highest BCUT2D eigenvalue weighted by molar-refractivity contribution is 5.76. The van der Waals surface area contributed by atoms with Crippen molar-refractivity contribution in [3.8, 4) is 0 Å². The number of piperazine rings is 1. The summed E-state index contributed by atoms with van der Waals surface area (Å²) < 4.78 is 15.2. The second-order valence-electron chi connectivity index (χ2n) is 7.22. The monoisotopic (exact) mass is 371 g/mol. The number of carbonyl (C=O) groups excluding carboxylic acids is 1. The minimum absolute atomic E-state index is 0.195. The fraction of sp³-hybridized carbons (Fsp3) is 0.500. The molecular weight excluding hydrogens is 345 g/mol. The van der Waals surface area contributed by atoms with E-state index in [0.717, 1.165) is 44.0 Å².